The van der Waals surface area contributed by atoms with Crippen molar-refractivity contribution in [1.82, 2.24) is 10.6 Å². The van der Waals surface area contributed by atoms with Crippen LogP contribution in [0.2, 0.25) is 0 Å². The maximum Gasteiger partial charge on any atom is 0.145 e. The van der Waals surface area contributed by atoms with Gasteiger partial charge in [-0.15, -0.1) is 0 Å². The molecule has 330 valence electrons. The fraction of sp³-hybridized carbons (Fsp3) is 0.627. The van der Waals surface area contributed by atoms with E-state index in [1.165, 1.54) is 16.7 Å². The molecule has 9 nitrogen and oxygen atoms in total. The number of allylic oxidation sites excluding steroid dienone is 9. The van der Waals surface area contributed by atoms with Crippen LogP contribution < -0.4 is 10.6 Å². The number of hydrogen-bond acceptors (Lipinski definition) is 9. The third-order valence-electron chi connectivity index (χ3n) is 15.1. The highest BCUT2D eigenvalue weighted by Gasteiger charge is 2.68. The smallest absolute Gasteiger partial charge is 0.145 e. The van der Waals surface area contributed by atoms with Crippen LogP contribution in [0.25, 0.3) is 0 Å². The molecule has 1 aromatic carbocycles. The molecular formula is C51H74N2O7. The van der Waals surface area contributed by atoms with Crippen LogP contribution in [0.5, 0.6) is 0 Å². The molecule has 6 rings (SSSR count). The summed E-state index contributed by atoms with van der Waals surface area (Å²) in [5, 5.41) is 53.0. The number of hydrogen-bond donors (Lipinski definition) is 6. The lowest BCUT2D eigenvalue weighted by Gasteiger charge is -2.61. The fourth-order valence-electron chi connectivity index (χ4n) is 12.1. The second-order valence-corrected chi connectivity index (χ2v) is 18.9. The number of carbonyl (C=O) groups excluding carboxylic acids is 1. The van der Waals surface area contributed by atoms with Crippen molar-refractivity contribution in [1.29, 1.82) is 0 Å². The second-order valence-electron chi connectivity index (χ2n) is 18.9. The summed E-state index contributed by atoms with van der Waals surface area (Å²) in [5.74, 6) is -0.320. The summed E-state index contributed by atoms with van der Waals surface area (Å²) in [5.41, 5.74) is 5.47. The maximum atomic E-state index is 13.0. The number of aliphatic hydroxyl groups is 4. The first kappa shape index (κ1) is 46.5. The van der Waals surface area contributed by atoms with Crippen LogP contribution in [-0.4, -0.2) is 104 Å². The van der Waals surface area contributed by atoms with Crippen LogP contribution in [0.15, 0.2) is 95.2 Å². The SMILES string of the molecule is C=C(C=CC=C(COCCO)C1CCC2(C1O)C1C(=C(C)C=O)C(C=CC1CCO)CC2(O)CCNC)C1Cc2cccc(c2)CC(C)(CCOC)NCC2=CC1CCC2. The minimum absolute atomic E-state index is 0.0292. The Bertz CT molecular complexity index is 1800. The molecule has 2 fully saturated rings. The van der Waals surface area contributed by atoms with Crippen molar-refractivity contribution >= 4 is 6.29 Å². The first-order valence-corrected chi connectivity index (χ1v) is 22.7. The highest BCUT2D eigenvalue weighted by molar-refractivity contribution is 5.74. The fourth-order valence-corrected chi connectivity index (χ4v) is 12.1. The highest BCUT2D eigenvalue weighted by atomic mass is 16.5. The monoisotopic (exact) mass is 827 g/mol. The zero-order valence-electron chi connectivity index (χ0n) is 36.8. The van der Waals surface area contributed by atoms with Crippen molar-refractivity contribution in [3.8, 4) is 0 Å². The van der Waals surface area contributed by atoms with Gasteiger partial charge in [0.1, 0.15) is 6.29 Å². The van der Waals surface area contributed by atoms with Crippen molar-refractivity contribution in [2.24, 2.45) is 40.9 Å². The number of ether oxygens (including phenoxy) is 2. The van der Waals surface area contributed by atoms with Crippen molar-refractivity contribution in [2.75, 3.05) is 60.3 Å². The van der Waals surface area contributed by atoms with E-state index in [0.717, 1.165) is 68.1 Å². The molecular weight excluding hydrogens is 753 g/mol. The Morgan fingerprint density at radius 2 is 1.92 bits per heavy atom. The largest absolute Gasteiger partial charge is 0.396 e. The van der Waals surface area contributed by atoms with Gasteiger partial charge in [-0.3, -0.25) is 4.79 Å². The number of benzene rings is 1. The Labute approximate surface area is 359 Å². The molecule has 5 aliphatic rings. The third-order valence-corrected chi connectivity index (χ3v) is 15.1. The molecule has 9 heteroatoms. The number of rotatable bonds is 17. The van der Waals surface area contributed by atoms with Gasteiger partial charge < -0.3 is 40.5 Å². The van der Waals surface area contributed by atoms with Crippen molar-refractivity contribution < 1.29 is 34.7 Å². The number of fused-ring (bicyclic) bond motifs is 6. The molecule has 2 saturated carbocycles. The summed E-state index contributed by atoms with van der Waals surface area (Å²) in [6, 6.07) is 9.04. The van der Waals surface area contributed by atoms with Crippen LogP contribution in [0.4, 0.5) is 0 Å². The van der Waals surface area contributed by atoms with Gasteiger partial charge in [0.2, 0.25) is 0 Å². The summed E-state index contributed by atoms with van der Waals surface area (Å²) in [4.78, 5) is 12.4. The van der Waals surface area contributed by atoms with E-state index in [9.17, 15) is 25.2 Å². The number of carbonyl (C=O) groups is 1. The summed E-state index contributed by atoms with van der Waals surface area (Å²) < 4.78 is 11.5. The molecule has 6 bridgehead atoms. The van der Waals surface area contributed by atoms with Crippen LogP contribution >= 0.6 is 0 Å². The van der Waals surface area contributed by atoms with E-state index in [-0.39, 0.29) is 61.6 Å². The lowest BCUT2D eigenvalue weighted by atomic mass is 9.45. The van der Waals surface area contributed by atoms with E-state index in [1.807, 2.05) is 14.0 Å². The van der Waals surface area contributed by atoms with Gasteiger partial charge in [0.15, 0.2) is 0 Å². The highest BCUT2D eigenvalue weighted by Crippen LogP contribution is 2.67. The standard InChI is InChI=1S/C51H74N2O7/c1-35(45-29-37-10-7-11-38(27-37)30-49(3,21-25-59-5)53-32-39-12-8-13-41(45)28-39)9-6-14-43(34-60-26-24-55)44-17-19-51(48(44)57)47-40(18-23-54)15-16-42(46(47)36(2)33-56)31-50(51,58)20-22-52-4/h6-7,9-11,14-16,27-28,33,40-42,44-45,47-48,52-55,57-58H,1,8,12-13,17-26,29-32,34H2,2-5H3. The van der Waals surface area contributed by atoms with Gasteiger partial charge in [0.25, 0.3) is 0 Å². The van der Waals surface area contributed by atoms with E-state index in [1.54, 1.807) is 7.11 Å². The molecule has 0 amide bonds. The van der Waals surface area contributed by atoms with Crippen LogP contribution in [-0.2, 0) is 27.1 Å². The van der Waals surface area contributed by atoms with Crippen molar-refractivity contribution in [3.63, 3.8) is 0 Å². The Morgan fingerprint density at radius 1 is 1.10 bits per heavy atom. The zero-order valence-corrected chi connectivity index (χ0v) is 36.8. The summed E-state index contributed by atoms with van der Waals surface area (Å²) in [7, 11) is 3.65. The molecule has 6 N–H and O–H groups in total. The normalized spacial score (nSPS) is 35.2. The number of aldehydes is 1. The molecule has 0 saturated heterocycles. The molecule has 1 aliphatic heterocycles. The molecule has 1 spiro atoms. The minimum Gasteiger partial charge on any atom is -0.396 e. The van der Waals surface area contributed by atoms with Gasteiger partial charge in [-0.2, -0.15) is 0 Å². The molecule has 10 unspecified atom stereocenters. The molecule has 1 heterocycles. The molecule has 0 radical (unpaired) electrons. The number of nitrogens with one attached hydrogen (secondary N) is 2. The lowest BCUT2D eigenvalue weighted by molar-refractivity contribution is -0.194. The first-order valence-electron chi connectivity index (χ1n) is 22.7. The van der Waals surface area contributed by atoms with E-state index in [4.69, 9.17) is 16.1 Å². The second kappa shape index (κ2) is 20.9. The van der Waals surface area contributed by atoms with Gasteiger partial charge in [0.05, 0.1) is 31.5 Å². The maximum absolute atomic E-state index is 13.0. The number of aliphatic hydroxyl groups excluding tert-OH is 3. The van der Waals surface area contributed by atoms with Gasteiger partial charge in [-0.05, 0) is 144 Å². The zero-order chi connectivity index (χ0) is 42.9. The Kier molecular flexibility index (Phi) is 16.2. The van der Waals surface area contributed by atoms with E-state index in [2.05, 4.69) is 78.3 Å². The number of methoxy groups -OCH3 is 1. The predicted molar refractivity (Wildman–Crippen MR) is 239 cm³/mol. The van der Waals surface area contributed by atoms with Gasteiger partial charge >= 0.3 is 0 Å². The summed E-state index contributed by atoms with van der Waals surface area (Å²) in [6.45, 7) is 11.3. The van der Waals surface area contributed by atoms with E-state index >= 15 is 0 Å². The first-order chi connectivity index (χ1) is 29.0. The quantitative estimate of drug-likeness (QED) is 0.0348. The van der Waals surface area contributed by atoms with Crippen molar-refractivity contribution in [2.45, 2.75) is 102 Å². The predicted octanol–water partition coefficient (Wildman–Crippen LogP) is 6.38. The van der Waals surface area contributed by atoms with Gasteiger partial charge in [0, 0.05) is 49.7 Å². The molecule has 10 atom stereocenters. The Balaban J connectivity index is 1.33. The average Bonchev–Trinajstić information content (AvgIpc) is 3.59. The summed E-state index contributed by atoms with van der Waals surface area (Å²) in [6.07, 6.45) is 21.7. The molecule has 1 aromatic rings. The van der Waals surface area contributed by atoms with Crippen LogP contribution in [0.1, 0.15) is 82.8 Å². The van der Waals surface area contributed by atoms with Gasteiger partial charge in [-0.1, -0.05) is 84.0 Å². The van der Waals surface area contributed by atoms with Gasteiger partial charge in [-0.25, -0.2) is 0 Å². The molecule has 60 heavy (non-hydrogen) atoms. The van der Waals surface area contributed by atoms with E-state index < -0.39 is 17.1 Å². The minimum atomic E-state index is -1.22. The summed E-state index contributed by atoms with van der Waals surface area (Å²) >= 11 is 0. The third kappa shape index (κ3) is 9.95. The lowest BCUT2D eigenvalue weighted by Crippen LogP contribution is -2.65. The van der Waals surface area contributed by atoms with Crippen LogP contribution in [0, 0.1) is 40.9 Å². The molecule has 4 aliphatic carbocycles. The Morgan fingerprint density at radius 3 is 2.67 bits per heavy atom. The topological polar surface area (TPSA) is 141 Å². The Hall–Kier alpha value is -2.99. The molecule has 0 aromatic heterocycles. The van der Waals surface area contributed by atoms with Crippen LogP contribution in [0.3, 0.4) is 0 Å². The average molecular weight is 827 g/mol. The van der Waals surface area contributed by atoms with Crippen molar-refractivity contribution in [3.05, 3.63) is 106 Å². The van der Waals surface area contributed by atoms with E-state index in [0.29, 0.717) is 56.7 Å².